The molecule has 1 aliphatic heterocycles. The Hall–Kier alpha value is -2.91. The third-order valence-electron chi connectivity index (χ3n) is 5.33. The molecule has 0 aliphatic carbocycles. The van der Waals surface area contributed by atoms with E-state index < -0.39 is 29.1 Å². The molecule has 1 aromatic carbocycles. The molecule has 0 spiro atoms. The SMILES string of the molecule is COC(=O)C=CCOC[C@@](C)(NC(=O)OC(C)(C)C)C(=O)Nc1ccc2c(c1)CCN(C)CC2. The maximum absolute atomic E-state index is 13.3. The molecule has 9 heteroatoms. The number of carbonyl (C=O) groups excluding carboxylic acids is 3. The summed E-state index contributed by atoms with van der Waals surface area (Å²) < 4.78 is 15.4. The van der Waals surface area contributed by atoms with E-state index in [-0.39, 0.29) is 13.2 Å². The number of hydrogen-bond donors (Lipinski definition) is 2. The van der Waals surface area contributed by atoms with Gasteiger partial charge in [-0.3, -0.25) is 4.79 Å². The molecule has 2 N–H and O–H groups in total. The van der Waals surface area contributed by atoms with Gasteiger partial charge < -0.3 is 29.7 Å². The monoisotopic (exact) mass is 475 g/mol. The second kappa shape index (κ2) is 12.0. The Labute approximate surface area is 201 Å². The van der Waals surface area contributed by atoms with Crippen molar-refractivity contribution in [2.24, 2.45) is 0 Å². The minimum atomic E-state index is -1.42. The number of likely N-dealkylation sites (N-methyl/N-ethyl adjacent to an activating group) is 1. The number of rotatable bonds is 8. The van der Waals surface area contributed by atoms with Crippen molar-refractivity contribution in [3.8, 4) is 0 Å². The molecule has 0 radical (unpaired) electrons. The summed E-state index contributed by atoms with van der Waals surface area (Å²) >= 11 is 0. The highest BCUT2D eigenvalue weighted by molar-refractivity contribution is 6.00. The summed E-state index contributed by atoms with van der Waals surface area (Å²) in [5.74, 6) is -0.952. The molecule has 0 bridgehead atoms. The van der Waals surface area contributed by atoms with Crippen molar-refractivity contribution >= 4 is 23.7 Å². The van der Waals surface area contributed by atoms with Gasteiger partial charge in [-0.1, -0.05) is 12.1 Å². The zero-order chi connectivity index (χ0) is 25.4. The van der Waals surface area contributed by atoms with Gasteiger partial charge in [0.2, 0.25) is 0 Å². The van der Waals surface area contributed by atoms with Gasteiger partial charge >= 0.3 is 12.1 Å². The van der Waals surface area contributed by atoms with E-state index in [0.717, 1.165) is 25.9 Å². The minimum absolute atomic E-state index is 0.0559. The van der Waals surface area contributed by atoms with Crippen LogP contribution in [0.4, 0.5) is 10.5 Å². The van der Waals surface area contributed by atoms with E-state index in [9.17, 15) is 14.4 Å². The lowest BCUT2D eigenvalue weighted by molar-refractivity contribution is -0.135. The number of ether oxygens (including phenoxy) is 3. The molecular formula is C25H37N3O6. The van der Waals surface area contributed by atoms with Gasteiger partial charge in [0.25, 0.3) is 5.91 Å². The van der Waals surface area contributed by atoms with E-state index in [0.29, 0.717) is 5.69 Å². The third kappa shape index (κ3) is 8.79. The first-order valence-electron chi connectivity index (χ1n) is 11.4. The molecule has 0 aromatic heterocycles. The number of benzene rings is 1. The third-order valence-corrected chi connectivity index (χ3v) is 5.33. The van der Waals surface area contributed by atoms with Crippen molar-refractivity contribution in [3.05, 3.63) is 41.5 Å². The van der Waals surface area contributed by atoms with Crippen LogP contribution in [0.2, 0.25) is 0 Å². The average Bonchev–Trinajstić information content (AvgIpc) is 2.93. The van der Waals surface area contributed by atoms with E-state index in [1.54, 1.807) is 27.7 Å². The molecule has 0 fully saturated rings. The van der Waals surface area contributed by atoms with Gasteiger partial charge in [0.05, 0.1) is 20.3 Å². The predicted octanol–water partition coefficient (Wildman–Crippen LogP) is 2.68. The predicted molar refractivity (Wildman–Crippen MR) is 130 cm³/mol. The lowest BCUT2D eigenvalue weighted by Gasteiger charge is -2.30. The highest BCUT2D eigenvalue weighted by Gasteiger charge is 2.37. The van der Waals surface area contributed by atoms with Gasteiger partial charge in [0, 0.05) is 24.9 Å². The highest BCUT2D eigenvalue weighted by atomic mass is 16.6. The number of hydrogen-bond acceptors (Lipinski definition) is 7. The van der Waals surface area contributed by atoms with E-state index in [4.69, 9.17) is 9.47 Å². The van der Waals surface area contributed by atoms with E-state index in [1.807, 2.05) is 18.2 Å². The number of nitrogens with zero attached hydrogens (tertiary/aromatic N) is 1. The lowest BCUT2D eigenvalue weighted by Crippen LogP contribution is -2.58. The lowest BCUT2D eigenvalue weighted by atomic mass is 10.0. The molecule has 0 saturated carbocycles. The van der Waals surface area contributed by atoms with Crippen molar-refractivity contribution < 1.29 is 28.6 Å². The molecule has 1 aliphatic rings. The van der Waals surface area contributed by atoms with Gasteiger partial charge in [-0.05, 0) is 70.8 Å². The summed E-state index contributed by atoms with van der Waals surface area (Å²) in [5.41, 5.74) is 0.978. The van der Waals surface area contributed by atoms with Crippen LogP contribution in [0.15, 0.2) is 30.4 Å². The fourth-order valence-corrected chi connectivity index (χ4v) is 3.41. The largest absolute Gasteiger partial charge is 0.466 e. The topological polar surface area (TPSA) is 106 Å². The van der Waals surface area contributed by atoms with E-state index in [1.165, 1.54) is 30.4 Å². The van der Waals surface area contributed by atoms with Crippen molar-refractivity contribution in [1.82, 2.24) is 10.2 Å². The second-order valence-corrected chi connectivity index (χ2v) is 9.64. The number of amides is 2. The van der Waals surface area contributed by atoms with Crippen LogP contribution in [0.25, 0.3) is 0 Å². The van der Waals surface area contributed by atoms with Gasteiger partial charge in [-0.25, -0.2) is 9.59 Å². The van der Waals surface area contributed by atoms with Crippen LogP contribution >= 0.6 is 0 Å². The molecule has 9 nitrogen and oxygen atoms in total. The highest BCUT2D eigenvalue weighted by Crippen LogP contribution is 2.21. The Kier molecular flexibility index (Phi) is 9.64. The van der Waals surface area contributed by atoms with E-state index in [2.05, 4.69) is 27.3 Å². The fraction of sp³-hybridized carbons (Fsp3) is 0.560. The summed E-state index contributed by atoms with van der Waals surface area (Å²) in [4.78, 5) is 39.2. The number of anilines is 1. The number of fused-ring (bicyclic) bond motifs is 1. The maximum atomic E-state index is 13.3. The minimum Gasteiger partial charge on any atom is -0.466 e. The summed E-state index contributed by atoms with van der Waals surface area (Å²) in [6.45, 7) is 8.66. The smallest absolute Gasteiger partial charge is 0.408 e. The van der Waals surface area contributed by atoms with Crippen LogP contribution in [0, 0.1) is 0 Å². The Morgan fingerprint density at radius 2 is 1.76 bits per heavy atom. The first-order valence-corrected chi connectivity index (χ1v) is 11.4. The zero-order valence-corrected chi connectivity index (χ0v) is 21.0. The second-order valence-electron chi connectivity index (χ2n) is 9.64. The zero-order valence-electron chi connectivity index (χ0n) is 21.0. The summed E-state index contributed by atoms with van der Waals surface area (Å²) in [6.07, 6.45) is 3.83. The summed E-state index contributed by atoms with van der Waals surface area (Å²) in [7, 11) is 3.38. The van der Waals surface area contributed by atoms with Crippen molar-refractivity contribution in [3.63, 3.8) is 0 Å². The number of methoxy groups -OCH3 is 1. The molecule has 0 unspecified atom stereocenters. The number of nitrogens with one attached hydrogen (secondary N) is 2. The Morgan fingerprint density at radius 3 is 2.41 bits per heavy atom. The van der Waals surface area contributed by atoms with E-state index >= 15 is 0 Å². The molecule has 188 valence electrons. The van der Waals surface area contributed by atoms with Crippen LogP contribution in [-0.4, -0.2) is 74.5 Å². The molecule has 1 aromatic rings. The quantitative estimate of drug-likeness (QED) is 0.338. The molecule has 0 saturated heterocycles. The Balaban J connectivity index is 2.13. The van der Waals surface area contributed by atoms with Gasteiger partial charge in [0.1, 0.15) is 11.1 Å². The first-order chi connectivity index (χ1) is 15.9. The molecule has 34 heavy (non-hydrogen) atoms. The first kappa shape index (κ1) is 27.3. The molecule has 1 heterocycles. The van der Waals surface area contributed by atoms with Crippen LogP contribution in [0.3, 0.4) is 0 Å². The number of esters is 1. The van der Waals surface area contributed by atoms with Crippen LogP contribution in [0.5, 0.6) is 0 Å². The van der Waals surface area contributed by atoms with Gasteiger partial charge in [-0.2, -0.15) is 0 Å². The molecule has 2 amide bonds. The Morgan fingerprint density at radius 1 is 1.09 bits per heavy atom. The van der Waals surface area contributed by atoms with Crippen LogP contribution < -0.4 is 10.6 Å². The molecular weight excluding hydrogens is 438 g/mol. The number of alkyl carbamates (subject to hydrolysis) is 1. The van der Waals surface area contributed by atoms with Crippen molar-refractivity contribution in [1.29, 1.82) is 0 Å². The van der Waals surface area contributed by atoms with Crippen LogP contribution in [-0.2, 0) is 36.6 Å². The summed E-state index contributed by atoms with van der Waals surface area (Å²) in [5, 5.41) is 5.54. The van der Waals surface area contributed by atoms with Gasteiger partial charge in [0.15, 0.2) is 0 Å². The summed E-state index contributed by atoms with van der Waals surface area (Å²) in [6, 6.07) is 5.90. The van der Waals surface area contributed by atoms with Gasteiger partial charge in [-0.15, -0.1) is 0 Å². The van der Waals surface area contributed by atoms with Crippen molar-refractivity contribution in [2.75, 3.05) is 45.8 Å². The standard InChI is InChI=1S/C25H37N3O6/c1-24(2,3)34-23(31)27-25(4,17-33-15-7-8-21(29)32-6)22(30)26-20-10-9-18-11-13-28(5)14-12-19(18)16-20/h7-10,16H,11-15,17H2,1-6H3,(H,26,30)(H,27,31)/t25-/m1/s1. The fourth-order valence-electron chi connectivity index (χ4n) is 3.41. The molecule has 2 rings (SSSR count). The molecule has 1 atom stereocenters. The number of carbonyl (C=O) groups is 3. The normalized spacial score (nSPS) is 16.2. The Bertz CT molecular complexity index is 908. The van der Waals surface area contributed by atoms with Crippen molar-refractivity contribution in [2.45, 2.75) is 51.7 Å². The van der Waals surface area contributed by atoms with Crippen LogP contribution in [0.1, 0.15) is 38.8 Å². The average molecular weight is 476 g/mol. The maximum Gasteiger partial charge on any atom is 0.408 e.